The van der Waals surface area contributed by atoms with Crippen molar-refractivity contribution in [2.45, 2.75) is 13.8 Å². The molecule has 0 bridgehead atoms. The predicted molar refractivity (Wildman–Crippen MR) is 75.3 cm³/mol. The second kappa shape index (κ2) is 5.51. The molecule has 0 atom stereocenters. The maximum atomic E-state index is 11.8. The normalized spacial score (nSPS) is 10.4. The maximum absolute atomic E-state index is 11.8. The van der Waals surface area contributed by atoms with Gasteiger partial charge in [-0.25, -0.2) is 9.78 Å². The number of oxazole rings is 1. The number of carbonyl (C=O) groups excluding carboxylic acids is 1. The standard InChI is InChI=1S/C13H12INO3/c1-3-17-13(16)12-11(15-8(2)18-12)9-6-4-5-7-10(9)14/h4-7H,3H2,1-2H3. The Morgan fingerprint density at radius 1 is 1.44 bits per heavy atom. The largest absolute Gasteiger partial charge is 0.460 e. The lowest BCUT2D eigenvalue weighted by Gasteiger charge is -2.03. The van der Waals surface area contributed by atoms with Crippen molar-refractivity contribution in [1.29, 1.82) is 0 Å². The third kappa shape index (κ3) is 2.55. The van der Waals surface area contributed by atoms with Crippen LogP contribution in [0.1, 0.15) is 23.4 Å². The molecular formula is C13H12INO3. The van der Waals surface area contributed by atoms with Crippen LogP contribution in [0.5, 0.6) is 0 Å². The van der Waals surface area contributed by atoms with E-state index < -0.39 is 5.97 Å². The molecule has 0 aliphatic heterocycles. The number of nitrogens with zero attached hydrogens (tertiary/aromatic N) is 1. The van der Waals surface area contributed by atoms with E-state index >= 15 is 0 Å². The smallest absolute Gasteiger partial charge is 0.376 e. The van der Waals surface area contributed by atoms with Gasteiger partial charge in [0.15, 0.2) is 5.89 Å². The van der Waals surface area contributed by atoms with Crippen LogP contribution in [0.3, 0.4) is 0 Å². The SMILES string of the molecule is CCOC(=O)c1oc(C)nc1-c1ccccc1I. The highest BCUT2D eigenvalue weighted by Crippen LogP contribution is 2.28. The van der Waals surface area contributed by atoms with Crippen molar-refractivity contribution in [2.75, 3.05) is 6.61 Å². The number of aryl methyl sites for hydroxylation is 1. The average molecular weight is 357 g/mol. The first-order chi connectivity index (χ1) is 8.63. The average Bonchev–Trinajstić information content (AvgIpc) is 2.72. The minimum Gasteiger partial charge on any atom is -0.460 e. The minimum absolute atomic E-state index is 0.165. The van der Waals surface area contributed by atoms with Crippen molar-refractivity contribution in [1.82, 2.24) is 4.98 Å². The van der Waals surface area contributed by atoms with E-state index in [2.05, 4.69) is 27.6 Å². The van der Waals surface area contributed by atoms with Gasteiger partial charge < -0.3 is 9.15 Å². The van der Waals surface area contributed by atoms with Gasteiger partial charge in [-0.1, -0.05) is 18.2 Å². The van der Waals surface area contributed by atoms with E-state index in [1.165, 1.54) is 0 Å². The van der Waals surface area contributed by atoms with Gasteiger partial charge in [0, 0.05) is 16.1 Å². The van der Waals surface area contributed by atoms with Gasteiger partial charge in [0.05, 0.1) is 6.61 Å². The fourth-order valence-corrected chi connectivity index (χ4v) is 2.24. The van der Waals surface area contributed by atoms with E-state index in [9.17, 15) is 4.79 Å². The zero-order valence-electron chi connectivity index (χ0n) is 10.1. The number of esters is 1. The van der Waals surface area contributed by atoms with Gasteiger partial charge >= 0.3 is 5.97 Å². The molecule has 0 spiro atoms. The molecule has 0 aliphatic carbocycles. The summed E-state index contributed by atoms with van der Waals surface area (Å²) in [6.07, 6.45) is 0. The summed E-state index contributed by atoms with van der Waals surface area (Å²) < 4.78 is 11.3. The number of aromatic nitrogens is 1. The number of carbonyl (C=O) groups is 1. The fraction of sp³-hybridized carbons (Fsp3) is 0.231. The van der Waals surface area contributed by atoms with E-state index in [1.807, 2.05) is 24.3 Å². The van der Waals surface area contributed by atoms with E-state index in [0.717, 1.165) is 9.13 Å². The van der Waals surface area contributed by atoms with Crippen LogP contribution in [0, 0.1) is 10.5 Å². The zero-order valence-corrected chi connectivity index (χ0v) is 12.2. The third-order valence-corrected chi connectivity index (χ3v) is 3.26. The second-order valence-corrected chi connectivity index (χ2v) is 4.77. The van der Waals surface area contributed by atoms with Gasteiger partial charge in [0.1, 0.15) is 5.69 Å². The first-order valence-electron chi connectivity index (χ1n) is 5.53. The molecule has 18 heavy (non-hydrogen) atoms. The first-order valence-corrected chi connectivity index (χ1v) is 6.60. The van der Waals surface area contributed by atoms with E-state index in [0.29, 0.717) is 18.2 Å². The third-order valence-electron chi connectivity index (χ3n) is 2.32. The summed E-state index contributed by atoms with van der Waals surface area (Å²) in [5.41, 5.74) is 1.41. The summed E-state index contributed by atoms with van der Waals surface area (Å²) in [7, 11) is 0. The molecule has 94 valence electrons. The lowest BCUT2D eigenvalue weighted by molar-refractivity contribution is 0.0490. The van der Waals surface area contributed by atoms with Crippen molar-refractivity contribution in [3.8, 4) is 11.3 Å². The molecule has 0 unspecified atom stereocenters. The van der Waals surface area contributed by atoms with Crippen LogP contribution in [0.2, 0.25) is 0 Å². The van der Waals surface area contributed by atoms with Gasteiger partial charge in [-0.3, -0.25) is 0 Å². The van der Waals surface area contributed by atoms with Gasteiger partial charge in [0.2, 0.25) is 5.76 Å². The van der Waals surface area contributed by atoms with Gasteiger partial charge in [-0.05, 0) is 35.6 Å². The minimum atomic E-state index is -0.479. The van der Waals surface area contributed by atoms with E-state index in [-0.39, 0.29) is 5.76 Å². The van der Waals surface area contributed by atoms with Crippen molar-refractivity contribution in [2.24, 2.45) is 0 Å². The highest BCUT2D eigenvalue weighted by Gasteiger charge is 2.22. The number of benzene rings is 1. The molecule has 0 saturated heterocycles. The Labute approximate surface area is 118 Å². The molecule has 0 N–H and O–H groups in total. The molecule has 1 aromatic carbocycles. The van der Waals surface area contributed by atoms with Crippen molar-refractivity contribution in [3.05, 3.63) is 39.5 Å². The molecule has 2 aromatic rings. The molecule has 0 saturated carbocycles. The monoisotopic (exact) mass is 357 g/mol. The van der Waals surface area contributed by atoms with Gasteiger partial charge in [0.25, 0.3) is 0 Å². The molecule has 0 fully saturated rings. The topological polar surface area (TPSA) is 52.3 Å². The molecule has 0 amide bonds. The zero-order chi connectivity index (χ0) is 13.1. The van der Waals surface area contributed by atoms with Crippen LogP contribution in [-0.2, 0) is 4.74 Å². The Kier molecular flexibility index (Phi) is 4.00. The summed E-state index contributed by atoms with van der Waals surface area (Å²) in [6.45, 7) is 3.78. The Balaban J connectivity index is 2.51. The highest BCUT2D eigenvalue weighted by atomic mass is 127. The molecule has 4 nitrogen and oxygen atoms in total. The summed E-state index contributed by atoms with van der Waals surface area (Å²) in [4.78, 5) is 16.1. The number of hydrogen-bond donors (Lipinski definition) is 0. The quantitative estimate of drug-likeness (QED) is 0.624. The van der Waals surface area contributed by atoms with Gasteiger partial charge in [-0.2, -0.15) is 0 Å². The maximum Gasteiger partial charge on any atom is 0.376 e. The molecule has 0 radical (unpaired) electrons. The van der Waals surface area contributed by atoms with Crippen molar-refractivity contribution < 1.29 is 13.9 Å². The first kappa shape index (κ1) is 13.1. The van der Waals surface area contributed by atoms with Crippen molar-refractivity contribution >= 4 is 28.6 Å². The summed E-state index contributed by atoms with van der Waals surface area (Å²) in [5, 5.41) is 0. The number of hydrogen-bond acceptors (Lipinski definition) is 4. The molecule has 0 aliphatic rings. The van der Waals surface area contributed by atoms with E-state index in [1.54, 1.807) is 13.8 Å². The molecule has 5 heteroatoms. The number of halogens is 1. The van der Waals surface area contributed by atoms with Crippen LogP contribution in [0.25, 0.3) is 11.3 Å². The Bertz CT molecular complexity index is 577. The van der Waals surface area contributed by atoms with Crippen LogP contribution in [0.15, 0.2) is 28.7 Å². The van der Waals surface area contributed by atoms with Crippen LogP contribution < -0.4 is 0 Å². The van der Waals surface area contributed by atoms with Gasteiger partial charge in [-0.15, -0.1) is 0 Å². The Morgan fingerprint density at radius 3 is 2.83 bits per heavy atom. The summed E-state index contributed by atoms with van der Waals surface area (Å²) in [6, 6.07) is 7.69. The lowest BCUT2D eigenvalue weighted by atomic mass is 10.1. The molecule has 1 aromatic heterocycles. The van der Waals surface area contributed by atoms with E-state index in [4.69, 9.17) is 9.15 Å². The lowest BCUT2D eigenvalue weighted by Crippen LogP contribution is -2.05. The van der Waals surface area contributed by atoms with Crippen LogP contribution >= 0.6 is 22.6 Å². The highest BCUT2D eigenvalue weighted by molar-refractivity contribution is 14.1. The molecular weight excluding hydrogens is 345 g/mol. The Hall–Kier alpha value is -1.37. The van der Waals surface area contributed by atoms with Crippen molar-refractivity contribution in [3.63, 3.8) is 0 Å². The number of rotatable bonds is 3. The second-order valence-electron chi connectivity index (χ2n) is 3.61. The van der Waals surface area contributed by atoms with Crippen LogP contribution in [0.4, 0.5) is 0 Å². The predicted octanol–water partition coefficient (Wildman–Crippen LogP) is 3.43. The van der Waals surface area contributed by atoms with Crippen LogP contribution in [-0.4, -0.2) is 17.6 Å². The summed E-state index contributed by atoms with van der Waals surface area (Å²) >= 11 is 2.20. The molecule has 1 heterocycles. The molecule has 2 rings (SSSR count). The fourth-order valence-electron chi connectivity index (χ4n) is 1.60. The summed E-state index contributed by atoms with van der Waals surface area (Å²) in [5.74, 6) is 0.138. The Morgan fingerprint density at radius 2 is 2.17 bits per heavy atom. The number of ether oxygens (including phenoxy) is 1.